The summed E-state index contributed by atoms with van der Waals surface area (Å²) >= 11 is 0. The fourth-order valence-corrected chi connectivity index (χ4v) is 3.33. The van der Waals surface area contributed by atoms with Gasteiger partial charge in [-0.2, -0.15) is 0 Å². The zero-order valence-corrected chi connectivity index (χ0v) is 11.0. The molecule has 1 heterocycles. The van der Waals surface area contributed by atoms with Crippen molar-refractivity contribution in [2.24, 2.45) is 0 Å². The molecule has 1 unspecified atom stereocenters. The maximum atomic E-state index is 3.48. The topological polar surface area (TPSA) is 15.3 Å². The van der Waals surface area contributed by atoms with Crippen molar-refractivity contribution in [3.63, 3.8) is 0 Å². The predicted octanol–water partition coefficient (Wildman–Crippen LogP) is 3.26. The number of para-hydroxylation sites is 2. The first-order valence-electron chi connectivity index (χ1n) is 7.07. The first-order valence-corrected chi connectivity index (χ1v) is 7.07. The van der Waals surface area contributed by atoms with Crippen molar-refractivity contribution in [3.05, 3.63) is 59.7 Å². The van der Waals surface area contributed by atoms with Gasteiger partial charge in [-0.25, -0.2) is 0 Å². The zero-order chi connectivity index (χ0) is 12.7. The van der Waals surface area contributed by atoms with Crippen LogP contribution in [0.1, 0.15) is 17.0 Å². The minimum absolute atomic E-state index is 0.711. The Morgan fingerprint density at radius 2 is 1.89 bits per heavy atom. The zero-order valence-electron chi connectivity index (χ0n) is 11.0. The molecule has 96 valence electrons. The van der Waals surface area contributed by atoms with E-state index in [-0.39, 0.29) is 0 Å². The van der Waals surface area contributed by atoms with E-state index in [1.165, 1.54) is 23.4 Å². The van der Waals surface area contributed by atoms with Gasteiger partial charge in [0.25, 0.3) is 0 Å². The minimum atomic E-state index is 0.711. The number of hydrogen-bond acceptors (Lipinski definition) is 2. The summed E-state index contributed by atoms with van der Waals surface area (Å²) in [5, 5.41) is 3.48. The van der Waals surface area contributed by atoms with Gasteiger partial charge in [0.1, 0.15) is 0 Å². The Morgan fingerprint density at radius 3 is 2.84 bits per heavy atom. The molecule has 0 aromatic heterocycles. The molecule has 1 aliphatic heterocycles. The van der Waals surface area contributed by atoms with Gasteiger partial charge in [0.05, 0.1) is 11.4 Å². The van der Waals surface area contributed by atoms with Crippen molar-refractivity contribution in [1.29, 1.82) is 0 Å². The second kappa shape index (κ2) is 4.30. The third-order valence-electron chi connectivity index (χ3n) is 4.34. The van der Waals surface area contributed by atoms with E-state index in [4.69, 9.17) is 0 Å². The van der Waals surface area contributed by atoms with Crippen molar-refractivity contribution < 1.29 is 0 Å². The molecule has 0 fully saturated rings. The lowest BCUT2D eigenvalue weighted by Crippen LogP contribution is -2.39. The monoisotopic (exact) mass is 250 g/mol. The number of nitrogens with one attached hydrogen (secondary N) is 1. The van der Waals surface area contributed by atoms with Crippen molar-refractivity contribution in [2.75, 3.05) is 29.9 Å². The predicted molar refractivity (Wildman–Crippen MR) is 80.0 cm³/mol. The smallest absolute Gasteiger partial charge is 0.0602 e. The highest BCUT2D eigenvalue weighted by Gasteiger charge is 2.28. The molecule has 2 nitrogen and oxygen atoms in total. The Balaban J connectivity index is 1.57. The van der Waals surface area contributed by atoms with Gasteiger partial charge in [0.2, 0.25) is 0 Å². The van der Waals surface area contributed by atoms with Gasteiger partial charge in [0.15, 0.2) is 0 Å². The molecule has 2 aliphatic rings. The van der Waals surface area contributed by atoms with Crippen molar-refractivity contribution in [1.82, 2.24) is 0 Å². The minimum Gasteiger partial charge on any atom is -0.382 e. The van der Waals surface area contributed by atoms with Crippen LogP contribution in [0.25, 0.3) is 0 Å². The summed E-state index contributed by atoms with van der Waals surface area (Å²) in [5.41, 5.74) is 5.73. The van der Waals surface area contributed by atoms with Gasteiger partial charge < -0.3 is 10.2 Å². The third-order valence-corrected chi connectivity index (χ3v) is 4.34. The van der Waals surface area contributed by atoms with E-state index in [0.717, 1.165) is 19.6 Å². The Bertz CT molecular complexity index is 606. The van der Waals surface area contributed by atoms with E-state index in [9.17, 15) is 0 Å². The van der Waals surface area contributed by atoms with E-state index in [1.54, 1.807) is 5.56 Å². The van der Waals surface area contributed by atoms with Crippen LogP contribution in [0.4, 0.5) is 11.4 Å². The van der Waals surface area contributed by atoms with Crippen molar-refractivity contribution >= 4 is 11.4 Å². The van der Waals surface area contributed by atoms with Gasteiger partial charge in [-0.3, -0.25) is 0 Å². The van der Waals surface area contributed by atoms with E-state index < -0.39 is 0 Å². The normalized spacial score (nSPS) is 20.0. The van der Waals surface area contributed by atoms with Crippen LogP contribution in [-0.4, -0.2) is 19.6 Å². The summed E-state index contributed by atoms with van der Waals surface area (Å²) in [4.78, 5) is 2.53. The maximum absolute atomic E-state index is 3.48. The highest BCUT2D eigenvalue weighted by molar-refractivity contribution is 5.72. The molecule has 1 aliphatic carbocycles. The fourth-order valence-electron chi connectivity index (χ4n) is 3.33. The first kappa shape index (κ1) is 10.9. The standard InChI is InChI=1S/C17H18N2/c1-2-6-15-13(5-1)11-14(15)12-19-10-9-18-16-7-3-4-8-17(16)19/h1-8,14,18H,9-12H2. The second-order valence-electron chi connectivity index (χ2n) is 5.49. The lowest BCUT2D eigenvalue weighted by atomic mass is 9.77. The van der Waals surface area contributed by atoms with E-state index in [2.05, 4.69) is 58.7 Å². The lowest BCUT2D eigenvalue weighted by Gasteiger charge is -2.38. The molecule has 0 saturated carbocycles. The first-order chi connectivity index (χ1) is 9.42. The van der Waals surface area contributed by atoms with Crippen LogP contribution in [0.5, 0.6) is 0 Å². The number of fused-ring (bicyclic) bond motifs is 2. The molecule has 4 rings (SSSR count). The SMILES string of the molecule is c1ccc2c(c1)CC2CN1CCNc2ccccc21. The van der Waals surface area contributed by atoms with Gasteiger partial charge in [-0.05, 0) is 29.7 Å². The van der Waals surface area contributed by atoms with Crippen LogP contribution in [0.15, 0.2) is 48.5 Å². The van der Waals surface area contributed by atoms with E-state index in [1.807, 2.05) is 0 Å². The van der Waals surface area contributed by atoms with Crippen molar-refractivity contribution in [3.8, 4) is 0 Å². The summed E-state index contributed by atoms with van der Waals surface area (Å²) in [5.74, 6) is 0.711. The number of hydrogen-bond donors (Lipinski definition) is 1. The summed E-state index contributed by atoms with van der Waals surface area (Å²) in [6.45, 7) is 3.30. The fraction of sp³-hybridized carbons (Fsp3) is 0.294. The maximum Gasteiger partial charge on any atom is 0.0602 e. The molecule has 1 N–H and O–H groups in total. The van der Waals surface area contributed by atoms with Gasteiger partial charge >= 0.3 is 0 Å². The summed E-state index contributed by atoms with van der Waals surface area (Å²) < 4.78 is 0. The summed E-state index contributed by atoms with van der Waals surface area (Å²) in [7, 11) is 0. The third kappa shape index (κ3) is 1.79. The second-order valence-corrected chi connectivity index (χ2v) is 5.49. The molecular weight excluding hydrogens is 232 g/mol. The van der Waals surface area contributed by atoms with Crippen LogP contribution in [-0.2, 0) is 6.42 Å². The molecule has 19 heavy (non-hydrogen) atoms. The molecule has 0 amide bonds. The highest BCUT2D eigenvalue weighted by Crippen LogP contribution is 2.38. The summed E-state index contributed by atoms with van der Waals surface area (Å²) in [6, 6.07) is 17.5. The number of benzene rings is 2. The molecule has 2 aromatic rings. The quantitative estimate of drug-likeness (QED) is 0.880. The summed E-state index contributed by atoms with van der Waals surface area (Å²) in [6.07, 6.45) is 1.24. The number of anilines is 2. The molecule has 0 saturated heterocycles. The van der Waals surface area contributed by atoms with Crippen LogP contribution in [0.3, 0.4) is 0 Å². The van der Waals surface area contributed by atoms with Gasteiger partial charge in [-0.1, -0.05) is 36.4 Å². The van der Waals surface area contributed by atoms with Gasteiger partial charge in [-0.15, -0.1) is 0 Å². The Hall–Kier alpha value is -1.96. The Morgan fingerprint density at radius 1 is 1.05 bits per heavy atom. The Kier molecular flexibility index (Phi) is 2.47. The molecular formula is C17H18N2. The van der Waals surface area contributed by atoms with Crippen LogP contribution in [0, 0.1) is 0 Å². The van der Waals surface area contributed by atoms with Crippen molar-refractivity contribution in [2.45, 2.75) is 12.3 Å². The largest absolute Gasteiger partial charge is 0.382 e. The molecule has 2 aromatic carbocycles. The highest BCUT2D eigenvalue weighted by atomic mass is 15.2. The van der Waals surface area contributed by atoms with Crippen LogP contribution >= 0.6 is 0 Å². The lowest BCUT2D eigenvalue weighted by molar-refractivity contribution is 0.582. The Labute approximate surface area is 114 Å². The average molecular weight is 250 g/mol. The molecule has 0 bridgehead atoms. The van der Waals surface area contributed by atoms with Crippen LogP contribution in [0.2, 0.25) is 0 Å². The molecule has 0 radical (unpaired) electrons. The van der Waals surface area contributed by atoms with E-state index >= 15 is 0 Å². The number of rotatable bonds is 2. The molecule has 2 heteroatoms. The van der Waals surface area contributed by atoms with E-state index in [0.29, 0.717) is 5.92 Å². The molecule has 1 atom stereocenters. The average Bonchev–Trinajstić information content (AvgIpc) is 2.45. The van der Waals surface area contributed by atoms with Crippen LogP contribution < -0.4 is 10.2 Å². The van der Waals surface area contributed by atoms with Gasteiger partial charge in [0, 0.05) is 25.6 Å². The number of nitrogens with zero attached hydrogens (tertiary/aromatic N) is 1. The molecule has 0 spiro atoms.